The molecule has 0 saturated carbocycles. The predicted molar refractivity (Wildman–Crippen MR) is 71.0 cm³/mol. The van der Waals surface area contributed by atoms with Crippen molar-refractivity contribution in [1.82, 2.24) is 0 Å². The first-order valence-corrected chi connectivity index (χ1v) is 6.07. The molecule has 0 aliphatic carbocycles. The van der Waals surface area contributed by atoms with Crippen LogP contribution in [0.25, 0.3) is 16.5 Å². The highest BCUT2D eigenvalue weighted by molar-refractivity contribution is 7.13. The number of methoxy groups -OCH3 is 1. The van der Waals surface area contributed by atoms with E-state index >= 15 is 0 Å². The number of ether oxygens (including phenoxy) is 1. The van der Waals surface area contributed by atoms with Crippen LogP contribution >= 0.6 is 11.3 Å². The standard InChI is InChI=1S/C14H14OS/c1-3-5-11-10-12(15-2)7-8-13(11)14-6-4-9-16-14/h3-10H,1-2H3/b5-3-. The molecule has 1 heterocycles. The summed E-state index contributed by atoms with van der Waals surface area (Å²) in [5, 5.41) is 2.10. The van der Waals surface area contributed by atoms with E-state index in [-0.39, 0.29) is 0 Å². The van der Waals surface area contributed by atoms with Crippen molar-refractivity contribution < 1.29 is 4.74 Å². The smallest absolute Gasteiger partial charge is 0.119 e. The number of hydrogen-bond acceptors (Lipinski definition) is 2. The number of thiophene rings is 1. The number of allylic oxidation sites excluding steroid dienone is 1. The Kier molecular flexibility index (Phi) is 3.42. The minimum atomic E-state index is 0.897. The van der Waals surface area contributed by atoms with Crippen molar-refractivity contribution in [2.45, 2.75) is 6.92 Å². The fourth-order valence-corrected chi connectivity index (χ4v) is 2.42. The zero-order chi connectivity index (χ0) is 11.4. The van der Waals surface area contributed by atoms with Gasteiger partial charge >= 0.3 is 0 Å². The summed E-state index contributed by atoms with van der Waals surface area (Å²) in [6, 6.07) is 10.4. The van der Waals surface area contributed by atoms with Gasteiger partial charge < -0.3 is 4.74 Å². The van der Waals surface area contributed by atoms with Crippen LogP contribution in [0.15, 0.2) is 41.8 Å². The lowest BCUT2D eigenvalue weighted by Crippen LogP contribution is -1.86. The van der Waals surface area contributed by atoms with E-state index in [0.717, 1.165) is 5.75 Å². The predicted octanol–water partition coefficient (Wildman–Crippen LogP) is 4.46. The van der Waals surface area contributed by atoms with Gasteiger partial charge in [0, 0.05) is 4.88 Å². The molecule has 0 atom stereocenters. The molecule has 2 rings (SSSR count). The second-order valence-electron chi connectivity index (χ2n) is 3.43. The van der Waals surface area contributed by atoms with Crippen molar-refractivity contribution >= 4 is 17.4 Å². The molecule has 0 radical (unpaired) electrons. The summed E-state index contributed by atoms with van der Waals surface area (Å²) in [5.74, 6) is 0.897. The fourth-order valence-electron chi connectivity index (χ4n) is 1.64. The second-order valence-corrected chi connectivity index (χ2v) is 4.38. The lowest BCUT2D eigenvalue weighted by molar-refractivity contribution is 0.415. The summed E-state index contributed by atoms with van der Waals surface area (Å²) in [5.41, 5.74) is 2.46. The molecule has 82 valence electrons. The summed E-state index contributed by atoms with van der Waals surface area (Å²) < 4.78 is 5.24. The van der Waals surface area contributed by atoms with E-state index in [1.54, 1.807) is 18.4 Å². The first-order chi connectivity index (χ1) is 7.85. The van der Waals surface area contributed by atoms with Gasteiger partial charge in [-0.2, -0.15) is 0 Å². The van der Waals surface area contributed by atoms with Crippen LogP contribution in [-0.2, 0) is 0 Å². The van der Waals surface area contributed by atoms with Crippen LogP contribution < -0.4 is 4.74 Å². The third-order valence-electron chi connectivity index (χ3n) is 2.39. The molecule has 0 unspecified atom stereocenters. The Labute approximate surface area is 100 Å². The van der Waals surface area contributed by atoms with Crippen molar-refractivity contribution in [3.8, 4) is 16.2 Å². The van der Waals surface area contributed by atoms with Gasteiger partial charge in [-0.1, -0.05) is 18.2 Å². The molecule has 1 nitrogen and oxygen atoms in total. The molecule has 1 aromatic heterocycles. The normalized spacial score (nSPS) is 10.9. The van der Waals surface area contributed by atoms with Crippen LogP contribution in [0, 0.1) is 0 Å². The molecule has 0 saturated heterocycles. The third-order valence-corrected chi connectivity index (χ3v) is 3.29. The van der Waals surface area contributed by atoms with Crippen LogP contribution in [-0.4, -0.2) is 7.11 Å². The van der Waals surface area contributed by atoms with Gasteiger partial charge in [0.1, 0.15) is 5.75 Å². The van der Waals surface area contributed by atoms with Crippen molar-refractivity contribution in [2.75, 3.05) is 7.11 Å². The molecule has 1 aromatic carbocycles. The Morgan fingerprint density at radius 1 is 1.25 bits per heavy atom. The van der Waals surface area contributed by atoms with Crippen molar-refractivity contribution in [2.24, 2.45) is 0 Å². The van der Waals surface area contributed by atoms with E-state index < -0.39 is 0 Å². The van der Waals surface area contributed by atoms with Gasteiger partial charge in [-0.25, -0.2) is 0 Å². The Balaban J connectivity index is 2.52. The first-order valence-electron chi connectivity index (χ1n) is 5.19. The summed E-state index contributed by atoms with van der Waals surface area (Å²) in [6.07, 6.45) is 4.16. The van der Waals surface area contributed by atoms with E-state index in [1.165, 1.54) is 16.0 Å². The number of hydrogen-bond donors (Lipinski definition) is 0. The molecule has 2 heteroatoms. The number of benzene rings is 1. The minimum absolute atomic E-state index is 0.897. The Morgan fingerprint density at radius 3 is 2.75 bits per heavy atom. The highest BCUT2D eigenvalue weighted by Gasteiger charge is 2.05. The van der Waals surface area contributed by atoms with Crippen LogP contribution in [0.1, 0.15) is 12.5 Å². The molecule has 0 spiro atoms. The molecule has 0 N–H and O–H groups in total. The van der Waals surface area contributed by atoms with Crippen molar-refractivity contribution in [3.05, 3.63) is 47.4 Å². The quantitative estimate of drug-likeness (QED) is 0.756. The van der Waals surface area contributed by atoms with Gasteiger partial charge in [0.15, 0.2) is 0 Å². The van der Waals surface area contributed by atoms with Crippen LogP contribution in [0.5, 0.6) is 5.75 Å². The maximum atomic E-state index is 5.24. The highest BCUT2D eigenvalue weighted by Crippen LogP contribution is 2.31. The summed E-state index contributed by atoms with van der Waals surface area (Å²) in [7, 11) is 1.69. The van der Waals surface area contributed by atoms with Crippen molar-refractivity contribution in [3.63, 3.8) is 0 Å². The molecule has 0 amide bonds. The lowest BCUT2D eigenvalue weighted by Gasteiger charge is -2.06. The van der Waals surface area contributed by atoms with Gasteiger partial charge in [0.05, 0.1) is 7.11 Å². The Bertz CT molecular complexity index is 483. The summed E-state index contributed by atoms with van der Waals surface area (Å²) >= 11 is 1.75. The Hall–Kier alpha value is -1.54. The van der Waals surface area contributed by atoms with Gasteiger partial charge in [-0.05, 0) is 47.7 Å². The van der Waals surface area contributed by atoms with Gasteiger partial charge in [0.2, 0.25) is 0 Å². The van der Waals surface area contributed by atoms with E-state index in [1.807, 2.05) is 19.1 Å². The van der Waals surface area contributed by atoms with E-state index in [2.05, 4.69) is 35.7 Å². The van der Waals surface area contributed by atoms with Gasteiger partial charge in [-0.15, -0.1) is 11.3 Å². The fraction of sp³-hybridized carbons (Fsp3) is 0.143. The summed E-state index contributed by atoms with van der Waals surface area (Å²) in [4.78, 5) is 1.29. The molecule has 0 bridgehead atoms. The molecule has 16 heavy (non-hydrogen) atoms. The van der Waals surface area contributed by atoms with E-state index in [4.69, 9.17) is 4.74 Å². The molecule has 2 aromatic rings. The lowest BCUT2D eigenvalue weighted by atomic mass is 10.1. The maximum absolute atomic E-state index is 5.24. The first kappa shape index (κ1) is 11.0. The second kappa shape index (κ2) is 4.99. The highest BCUT2D eigenvalue weighted by atomic mass is 32.1. The van der Waals surface area contributed by atoms with Gasteiger partial charge in [0.25, 0.3) is 0 Å². The van der Waals surface area contributed by atoms with Crippen LogP contribution in [0.2, 0.25) is 0 Å². The average molecular weight is 230 g/mol. The van der Waals surface area contributed by atoms with Gasteiger partial charge in [-0.3, -0.25) is 0 Å². The number of rotatable bonds is 3. The zero-order valence-corrected chi connectivity index (χ0v) is 10.3. The molecule has 0 aliphatic heterocycles. The van der Waals surface area contributed by atoms with E-state index in [0.29, 0.717) is 0 Å². The molecular formula is C14H14OS. The Morgan fingerprint density at radius 2 is 2.12 bits per heavy atom. The van der Waals surface area contributed by atoms with Crippen molar-refractivity contribution in [1.29, 1.82) is 0 Å². The minimum Gasteiger partial charge on any atom is -0.497 e. The topological polar surface area (TPSA) is 9.23 Å². The maximum Gasteiger partial charge on any atom is 0.119 e. The largest absolute Gasteiger partial charge is 0.497 e. The molecular weight excluding hydrogens is 216 g/mol. The SMILES string of the molecule is C/C=C\c1cc(OC)ccc1-c1cccs1. The van der Waals surface area contributed by atoms with Crippen LogP contribution in [0.3, 0.4) is 0 Å². The van der Waals surface area contributed by atoms with Crippen LogP contribution in [0.4, 0.5) is 0 Å². The third kappa shape index (κ3) is 2.17. The molecule has 0 fully saturated rings. The molecule has 0 aliphatic rings. The summed E-state index contributed by atoms with van der Waals surface area (Å²) in [6.45, 7) is 2.03. The van der Waals surface area contributed by atoms with E-state index in [9.17, 15) is 0 Å². The zero-order valence-electron chi connectivity index (χ0n) is 9.44. The average Bonchev–Trinajstić information content (AvgIpc) is 2.83. The monoisotopic (exact) mass is 230 g/mol.